The molecule has 2 aromatic heterocycles. The van der Waals surface area contributed by atoms with Crippen molar-refractivity contribution in [3.8, 4) is 0 Å². The number of aryl methyl sites for hydroxylation is 1. The fraction of sp³-hybridized carbons (Fsp3) is 0.500. The number of unbranched alkanes of at least 4 members (excludes halogenated alkanes) is 2. The molecule has 2 heterocycles. The van der Waals surface area contributed by atoms with Crippen molar-refractivity contribution < 1.29 is 9.90 Å². The highest BCUT2D eigenvalue weighted by atomic mass is 16.4. The Kier molecular flexibility index (Phi) is 5.84. The molecule has 0 aliphatic heterocycles. The molecule has 0 bridgehead atoms. The molecule has 23 heavy (non-hydrogen) atoms. The molecule has 2 aromatic rings. The maximum Gasteiger partial charge on any atom is 0.303 e. The first-order chi connectivity index (χ1) is 11.1. The molecule has 0 aliphatic rings. The zero-order valence-electron chi connectivity index (χ0n) is 12.9. The molecule has 3 N–H and O–H groups in total. The molecule has 9 nitrogen and oxygen atoms in total. The maximum absolute atomic E-state index is 12.0. The number of aromatic nitrogens is 4. The van der Waals surface area contributed by atoms with Gasteiger partial charge in [0.15, 0.2) is 11.2 Å². The summed E-state index contributed by atoms with van der Waals surface area (Å²) in [5.41, 5.74) is 3.20. The highest BCUT2D eigenvalue weighted by Crippen LogP contribution is 2.13. The van der Waals surface area contributed by atoms with E-state index in [1.165, 1.54) is 12.5 Å². The topological polar surface area (TPSA) is 125 Å². The quantitative estimate of drug-likeness (QED) is 0.366. The summed E-state index contributed by atoms with van der Waals surface area (Å²) < 4.78 is 1.80. The van der Waals surface area contributed by atoms with Crippen molar-refractivity contribution in [2.75, 3.05) is 5.43 Å². The van der Waals surface area contributed by atoms with Gasteiger partial charge in [0.2, 0.25) is 5.95 Å². The molecule has 0 radical (unpaired) electrons. The molecule has 0 saturated heterocycles. The van der Waals surface area contributed by atoms with Gasteiger partial charge >= 0.3 is 11.5 Å². The lowest BCUT2D eigenvalue weighted by atomic mass is 10.2. The standard InChI is InChI=1S/C14H20N6O3/c1-2-3-4-8-20-12-11(15-9-16-12)13(23)18-14(20)19-17-7-5-6-10(21)22/h7,9H,2-6,8H2,1H3,(H,15,16)(H,21,22)(H,18,19,23). The third kappa shape index (κ3) is 4.38. The molecule has 0 unspecified atom stereocenters. The lowest BCUT2D eigenvalue weighted by Gasteiger charge is -2.11. The number of carboxylic acids is 1. The van der Waals surface area contributed by atoms with Crippen molar-refractivity contribution >= 4 is 29.3 Å². The van der Waals surface area contributed by atoms with Crippen molar-refractivity contribution in [1.29, 1.82) is 0 Å². The van der Waals surface area contributed by atoms with Crippen LogP contribution in [0.1, 0.15) is 39.0 Å². The first-order valence-electron chi connectivity index (χ1n) is 7.56. The minimum Gasteiger partial charge on any atom is -0.481 e. The van der Waals surface area contributed by atoms with Crippen LogP contribution in [0.15, 0.2) is 16.2 Å². The third-order valence-electron chi connectivity index (χ3n) is 3.28. The van der Waals surface area contributed by atoms with Crippen LogP contribution >= 0.6 is 0 Å². The summed E-state index contributed by atoms with van der Waals surface area (Å²) >= 11 is 0. The SMILES string of the molecule is CCCCCn1c(NN=CCCC(=O)O)nc(=O)c2[nH]cnc21. The predicted octanol–water partition coefficient (Wildman–Crippen LogP) is 1.57. The summed E-state index contributed by atoms with van der Waals surface area (Å²) in [6, 6.07) is 0. The van der Waals surface area contributed by atoms with Crippen LogP contribution in [0.3, 0.4) is 0 Å². The van der Waals surface area contributed by atoms with Crippen molar-refractivity contribution in [2.45, 2.75) is 45.6 Å². The summed E-state index contributed by atoms with van der Waals surface area (Å²) in [4.78, 5) is 33.4. The Morgan fingerprint density at radius 1 is 1.52 bits per heavy atom. The predicted molar refractivity (Wildman–Crippen MR) is 86.7 cm³/mol. The van der Waals surface area contributed by atoms with Gasteiger partial charge in [0, 0.05) is 12.8 Å². The first-order valence-corrected chi connectivity index (χ1v) is 7.56. The van der Waals surface area contributed by atoms with E-state index in [0.717, 1.165) is 19.3 Å². The van der Waals surface area contributed by atoms with Crippen molar-refractivity contribution in [1.82, 2.24) is 19.5 Å². The Hall–Kier alpha value is -2.71. The summed E-state index contributed by atoms with van der Waals surface area (Å²) in [5, 5.41) is 12.5. The molecule has 2 rings (SSSR count). The minimum absolute atomic E-state index is 0.000313. The number of imidazole rings is 1. The van der Waals surface area contributed by atoms with Gasteiger partial charge < -0.3 is 10.1 Å². The number of carboxylic acid groups (broad SMARTS) is 1. The Morgan fingerprint density at radius 2 is 2.35 bits per heavy atom. The number of aromatic amines is 1. The molecule has 0 atom stereocenters. The number of anilines is 1. The average Bonchev–Trinajstić information content (AvgIpc) is 2.99. The van der Waals surface area contributed by atoms with Gasteiger partial charge in [0.25, 0.3) is 0 Å². The van der Waals surface area contributed by atoms with Crippen LogP contribution in [-0.2, 0) is 11.3 Å². The first kappa shape index (κ1) is 16.7. The van der Waals surface area contributed by atoms with Gasteiger partial charge in [-0.1, -0.05) is 19.8 Å². The normalized spacial score (nSPS) is 11.3. The molecular weight excluding hydrogens is 300 g/mol. The number of nitrogens with zero attached hydrogens (tertiary/aromatic N) is 4. The van der Waals surface area contributed by atoms with Crippen LogP contribution in [0.4, 0.5) is 5.95 Å². The van der Waals surface area contributed by atoms with E-state index in [1.54, 1.807) is 4.57 Å². The van der Waals surface area contributed by atoms with Gasteiger partial charge in [-0.3, -0.25) is 14.2 Å². The summed E-state index contributed by atoms with van der Waals surface area (Å²) in [6.07, 6.45) is 6.27. The van der Waals surface area contributed by atoms with E-state index < -0.39 is 11.5 Å². The van der Waals surface area contributed by atoms with Gasteiger partial charge in [-0.05, 0) is 12.8 Å². The number of fused-ring (bicyclic) bond motifs is 1. The van der Waals surface area contributed by atoms with E-state index in [-0.39, 0.29) is 6.42 Å². The van der Waals surface area contributed by atoms with E-state index in [1.807, 2.05) is 0 Å². The monoisotopic (exact) mass is 320 g/mol. The number of aliphatic carboxylic acids is 1. The highest BCUT2D eigenvalue weighted by Gasteiger charge is 2.12. The number of hydrogen-bond acceptors (Lipinski definition) is 6. The Labute approximate surface area is 132 Å². The zero-order chi connectivity index (χ0) is 16.7. The molecule has 124 valence electrons. The van der Waals surface area contributed by atoms with E-state index >= 15 is 0 Å². The van der Waals surface area contributed by atoms with Crippen LogP contribution in [-0.4, -0.2) is 36.8 Å². The molecule has 9 heteroatoms. The van der Waals surface area contributed by atoms with Crippen LogP contribution in [0, 0.1) is 0 Å². The molecule has 0 amide bonds. The van der Waals surface area contributed by atoms with Crippen molar-refractivity contribution in [2.24, 2.45) is 5.10 Å². The average molecular weight is 320 g/mol. The number of nitrogens with one attached hydrogen (secondary N) is 2. The molecular formula is C14H20N6O3. The van der Waals surface area contributed by atoms with Gasteiger partial charge in [-0.25, -0.2) is 10.4 Å². The second-order valence-corrected chi connectivity index (χ2v) is 5.06. The number of hydrogen-bond donors (Lipinski definition) is 3. The number of H-pyrrole nitrogens is 1. The minimum atomic E-state index is -0.885. The Morgan fingerprint density at radius 3 is 3.09 bits per heavy atom. The van der Waals surface area contributed by atoms with E-state index in [4.69, 9.17) is 5.11 Å². The van der Waals surface area contributed by atoms with E-state index in [2.05, 4.69) is 32.4 Å². The molecule has 0 fully saturated rings. The Bertz CT molecular complexity index is 749. The summed E-state index contributed by atoms with van der Waals surface area (Å²) in [7, 11) is 0. The van der Waals surface area contributed by atoms with Crippen LogP contribution < -0.4 is 11.0 Å². The van der Waals surface area contributed by atoms with Crippen LogP contribution in [0.5, 0.6) is 0 Å². The second-order valence-electron chi connectivity index (χ2n) is 5.06. The zero-order valence-corrected chi connectivity index (χ0v) is 12.9. The van der Waals surface area contributed by atoms with Crippen molar-refractivity contribution in [3.63, 3.8) is 0 Å². The second kappa shape index (κ2) is 8.06. The number of carbonyl (C=O) groups is 1. The lowest BCUT2D eigenvalue weighted by Crippen LogP contribution is -2.18. The van der Waals surface area contributed by atoms with Gasteiger partial charge in [-0.15, -0.1) is 0 Å². The maximum atomic E-state index is 12.0. The fourth-order valence-corrected chi connectivity index (χ4v) is 2.13. The van der Waals surface area contributed by atoms with Gasteiger partial charge in [-0.2, -0.15) is 10.1 Å². The fourth-order valence-electron chi connectivity index (χ4n) is 2.13. The van der Waals surface area contributed by atoms with Gasteiger partial charge in [0.1, 0.15) is 0 Å². The van der Waals surface area contributed by atoms with Crippen molar-refractivity contribution in [3.05, 3.63) is 16.7 Å². The number of rotatable bonds is 9. The Balaban J connectivity index is 2.20. The molecule has 0 aliphatic carbocycles. The van der Waals surface area contributed by atoms with E-state index in [9.17, 15) is 9.59 Å². The molecule has 0 saturated carbocycles. The summed E-state index contributed by atoms with van der Waals surface area (Å²) in [6.45, 7) is 2.77. The lowest BCUT2D eigenvalue weighted by molar-refractivity contribution is -0.136. The molecule has 0 aromatic carbocycles. The summed E-state index contributed by atoms with van der Waals surface area (Å²) in [5.74, 6) is -0.582. The van der Waals surface area contributed by atoms with Crippen LogP contribution in [0.25, 0.3) is 11.2 Å². The highest BCUT2D eigenvalue weighted by molar-refractivity contribution is 5.72. The molecule has 0 spiro atoms. The number of hydrazone groups is 1. The van der Waals surface area contributed by atoms with Gasteiger partial charge in [0.05, 0.1) is 12.7 Å². The smallest absolute Gasteiger partial charge is 0.303 e. The van der Waals surface area contributed by atoms with Crippen LogP contribution in [0.2, 0.25) is 0 Å². The third-order valence-corrected chi connectivity index (χ3v) is 3.28. The largest absolute Gasteiger partial charge is 0.481 e. The van der Waals surface area contributed by atoms with E-state index in [0.29, 0.717) is 30.1 Å².